The fraction of sp³-hybridized carbons (Fsp3) is 0.364. The number of benzene rings is 2. The molecule has 29 heavy (non-hydrogen) atoms. The molecule has 0 saturated carbocycles. The third kappa shape index (κ3) is 6.44. The van der Waals surface area contributed by atoms with Crippen LogP contribution >= 0.6 is 23.2 Å². The number of carbonyl (C=O) groups excluding carboxylic acids is 2. The van der Waals surface area contributed by atoms with Gasteiger partial charge in [0.2, 0.25) is 11.8 Å². The third-order valence-electron chi connectivity index (χ3n) is 4.35. The van der Waals surface area contributed by atoms with E-state index >= 15 is 0 Å². The zero-order valence-corrected chi connectivity index (χ0v) is 18.4. The Bertz CT molecular complexity index is 876. The topological polar surface area (TPSA) is 49.4 Å². The van der Waals surface area contributed by atoms with Gasteiger partial charge in [-0.25, -0.2) is 4.39 Å². The number of carbonyl (C=O) groups is 2. The van der Waals surface area contributed by atoms with Gasteiger partial charge in [0.25, 0.3) is 0 Å². The monoisotopic (exact) mass is 438 g/mol. The van der Waals surface area contributed by atoms with Crippen molar-refractivity contribution in [2.45, 2.75) is 52.2 Å². The van der Waals surface area contributed by atoms with Crippen molar-refractivity contribution in [3.05, 3.63) is 69.5 Å². The van der Waals surface area contributed by atoms with Gasteiger partial charge in [-0.05, 0) is 51.5 Å². The van der Waals surface area contributed by atoms with Gasteiger partial charge in [0, 0.05) is 27.7 Å². The lowest BCUT2D eigenvalue weighted by Gasteiger charge is -2.31. The predicted octanol–water partition coefficient (Wildman–Crippen LogP) is 5.01. The average molecular weight is 439 g/mol. The van der Waals surface area contributed by atoms with Crippen LogP contribution in [-0.4, -0.2) is 28.3 Å². The van der Waals surface area contributed by atoms with Crippen molar-refractivity contribution in [2.75, 3.05) is 0 Å². The van der Waals surface area contributed by atoms with Crippen molar-refractivity contribution in [3.8, 4) is 0 Å². The van der Waals surface area contributed by atoms with E-state index in [2.05, 4.69) is 5.32 Å². The van der Waals surface area contributed by atoms with Crippen molar-refractivity contribution in [1.82, 2.24) is 10.2 Å². The molecule has 0 aliphatic carbocycles. The van der Waals surface area contributed by atoms with Crippen LogP contribution in [0.3, 0.4) is 0 Å². The lowest BCUT2D eigenvalue weighted by atomic mass is 10.1. The number of hydrogen-bond donors (Lipinski definition) is 1. The number of nitrogens with one attached hydrogen (secondary N) is 1. The molecule has 0 unspecified atom stereocenters. The van der Waals surface area contributed by atoms with Crippen LogP contribution in [0.5, 0.6) is 0 Å². The summed E-state index contributed by atoms with van der Waals surface area (Å²) in [4.78, 5) is 27.2. The molecule has 4 nitrogen and oxygen atoms in total. The summed E-state index contributed by atoms with van der Waals surface area (Å²) in [5.74, 6) is -1.14. The summed E-state index contributed by atoms with van der Waals surface area (Å²) in [5.41, 5.74) is 0.328. The van der Waals surface area contributed by atoms with Crippen molar-refractivity contribution < 1.29 is 14.0 Å². The molecular weight excluding hydrogens is 414 g/mol. The van der Waals surface area contributed by atoms with Crippen LogP contribution in [0.15, 0.2) is 42.5 Å². The van der Waals surface area contributed by atoms with E-state index in [9.17, 15) is 14.0 Å². The highest BCUT2D eigenvalue weighted by molar-refractivity contribution is 6.36. The second-order valence-electron chi connectivity index (χ2n) is 7.91. The Morgan fingerprint density at radius 3 is 2.21 bits per heavy atom. The van der Waals surface area contributed by atoms with Gasteiger partial charge >= 0.3 is 0 Å². The molecule has 1 N–H and O–H groups in total. The molecule has 0 saturated heterocycles. The molecule has 156 valence electrons. The van der Waals surface area contributed by atoms with E-state index in [0.717, 1.165) is 0 Å². The Hall–Kier alpha value is -2.11. The molecule has 0 bridgehead atoms. The molecule has 2 amide bonds. The Balaban J connectivity index is 2.34. The molecule has 1 atom stereocenters. The number of amides is 2. The van der Waals surface area contributed by atoms with Gasteiger partial charge in [0.1, 0.15) is 11.9 Å². The van der Waals surface area contributed by atoms with Crippen LogP contribution in [0.2, 0.25) is 10.0 Å². The van der Waals surface area contributed by atoms with Gasteiger partial charge in [0.05, 0.1) is 6.42 Å². The fourth-order valence-corrected chi connectivity index (χ4v) is 3.35. The van der Waals surface area contributed by atoms with Crippen LogP contribution < -0.4 is 5.32 Å². The second-order valence-corrected chi connectivity index (χ2v) is 8.72. The van der Waals surface area contributed by atoms with E-state index in [4.69, 9.17) is 23.2 Å². The number of halogens is 3. The maximum absolute atomic E-state index is 14.2. The second kappa shape index (κ2) is 9.59. The summed E-state index contributed by atoms with van der Waals surface area (Å²) >= 11 is 12.4. The SMILES string of the molecule is C[C@@H](C(=O)NC(C)(C)C)N(Cc1ccccc1F)C(=O)Cc1c(Cl)cccc1Cl. The maximum Gasteiger partial charge on any atom is 0.242 e. The van der Waals surface area contributed by atoms with Crippen LogP contribution in [0.25, 0.3) is 0 Å². The van der Waals surface area contributed by atoms with Crippen molar-refractivity contribution >= 4 is 35.0 Å². The first-order chi connectivity index (χ1) is 13.5. The maximum atomic E-state index is 14.2. The Labute approximate surface area is 181 Å². The van der Waals surface area contributed by atoms with Gasteiger partial charge in [0.15, 0.2) is 0 Å². The minimum Gasteiger partial charge on any atom is -0.350 e. The summed E-state index contributed by atoms with van der Waals surface area (Å²) in [6.45, 7) is 7.12. The molecule has 7 heteroatoms. The van der Waals surface area contributed by atoms with Gasteiger partial charge in [-0.1, -0.05) is 47.5 Å². The van der Waals surface area contributed by atoms with Crippen LogP contribution in [0.4, 0.5) is 4.39 Å². The normalized spacial score (nSPS) is 12.4. The smallest absolute Gasteiger partial charge is 0.242 e. The van der Waals surface area contributed by atoms with Crippen molar-refractivity contribution in [2.24, 2.45) is 0 Å². The first kappa shape index (κ1) is 23.2. The number of rotatable bonds is 6. The first-order valence-electron chi connectivity index (χ1n) is 9.27. The van der Waals surface area contributed by atoms with Gasteiger partial charge < -0.3 is 10.2 Å². The molecule has 0 heterocycles. The predicted molar refractivity (Wildman–Crippen MR) is 114 cm³/mol. The zero-order valence-electron chi connectivity index (χ0n) is 16.9. The quantitative estimate of drug-likeness (QED) is 0.688. The summed E-state index contributed by atoms with van der Waals surface area (Å²) in [7, 11) is 0. The molecule has 0 aliphatic heterocycles. The highest BCUT2D eigenvalue weighted by atomic mass is 35.5. The molecule has 0 aliphatic rings. The average Bonchev–Trinajstić information content (AvgIpc) is 2.62. The Kier molecular flexibility index (Phi) is 7.66. The Morgan fingerprint density at radius 2 is 1.66 bits per heavy atom. The molecular formula is C22H25Cl2FN2O2. The van der Waals surface area contributed by atoms with Gasteiger partial charge in [-0.2, -0.15) is 0 Å². The Morgan fingerprint density at radius 1 is 1.07 bits per heavy atom. The summed E-state index contributed by atoms with van der Waals surface area (Å²) in [5, 5.41) is 3.59. The van der Waals surface area contributed by atoms with Gasteiger partial charge in [-0.15, -0.1) is 0 Å². The standard InChI is InChI=1S/C22H25Cl2FN2O2/c1-14(21(29)26-22(2,3)4)27(13-15-8-5-6-11-19(15)25)20(28)12-16-17(23)9-7-10-18(16)24/h5-11,14H,12-13H2,1-4H3,(H,26,29)/t14-/m0/s1. The number of nitrogens with zero attached hydrogens (tertiary/aromatic N) is 1. The largest absolute Gasteiger partial charge is 0.350 e. The van der Waals surface area contributed by atoms with Crippen LogP contribution in [-0.2, 0) is 22.6 Å². The first-order valence-corrected chi connectivity index (χ1v) is 10.0. The highest BCUT2D eigenvalue weighted by Crippen LogP contribution is 2.26. The molecule has 2 rings (SSSR count). The third-order valence-corrected chi connectivity index (χ3v) is 5.06. The summed E-state index contributed by atoms with van der Waals surface area (Å²) in [6, 6.07) is 10.3. The highest BCUT2D eigenvalue weighted by Gasteiger charge is 2.29. The van der Waals surface area contributed by atoms with E-state index in [1.165, 1.54) is 11.0 Å². The van der Waals surface area contributed by atoms with Gasteiger partial charge in [-0.3, -0.25) is 9.59 Å². The van der Waals surface area contributed by atoms with E-state index in [1.54, 1.807) is 43.3 Å². The molecule has 0 spiro atoms. The number of hydrogen-bond acceptors (Lipinski definition) is 2. The lowest BCUT2D eigenvalue weighted by Crippen LogP contribution is -2.52. The fourth-order valence-electron chi connectivity index (χ4n) is 2.82. The van der Waals surface area contributed by atoms with Crippen LogP contribution in [0.1, 0.15) is 38.8 Å². The molecule has 0 aromatic heterocycles. The molecule has 0 radical (unpaired) electrons. The van der Waals surface area contributed by atoms with E-state index in [0.29, 0.717) is 21.2 Å². The van der Waals surface area contributed by atoms with Crippen molar-refractivity contribution in [3.63, 3.8) is 0 Å². The van der Waals surface area contributed by atoms with E-state index < -0.39 is 17.4 Å². The minimum absolute atomic E-state index is 0.0493. The van der Waals surface area contributed by atoms with Crippen LogP contribution in [0, 0.1) is 5.82 Å². The molecule has 2 aromatic carbocycles. The van der Waals surface area contributed by atoms with Crippen molar-refractivity contribution in [1.29, 1.82) is 0 Å². The minimum atomic E-state index is -0.817. The molecule has 0 fully saturated rings. The summed E-state index contributed by atoms with van der Waals surface area (Å²) in [6.07, 6.45) is -0.0971. The lowest BCUT2D eigenvalue weighted by molar-refractivity contribution is -0.140. The zero-order chi connectivity index (χ0) is 21.8. The molecule has 2 aromatic rings. The summed E-state index contributed by atoms with van der Waals surface area (Å²) < 4.78 is 14.2. The van der Waals surface area contributed by atoms with E-state index in [-0.39, 0.29) is 24.8 Å². The van der Waals surface area contributed by atoms with E-state index in [1.807, 2.05) is 20.8 Å².